The van der Waals surface area contributed by atoms with Crippen LogP contribution in [0.3, 0.4) is 0 Å². The standard InChI is InChI=1S/C14H11BrFNO2/c1-19-13-4-2-3-9(14(13)18)8-17-12-6-5-10(15)7-11(12)16/h2-8,18H,1H3. The van der Waals surface area contributed by atoms with E-state index in [0.717, 1.165) is 0 Å². The molecule has 3 nitrogen and oxygen atoms in total. The summed E-state index contributed by atoms with van der Waals surface area (Å²) in [4.78, 5) is 4.02. The van der Waals surface area contributed by atoms with E-state index in [2.05, 4.69) is 20.9 Å². The van der Waals surface area contributed by atoms with Gasteiger partial charge in [0.05, 0.1) is 12.8 Å². The van der Waals surface area contributed by atoms with Gasteiger partial charge >= 0.3 is 0 Å². The molecular weight excluding hydrogens is 313 g/mol. The molecule has 0 atom stereocenters. The third-order valence-electron chi connectivity index (χ3n) is 2.50. The average molecular weight is 324 g/mol. The summed E-state index contributed by atoms with van der Waals surface area (Å²) in [6.45, 7) is 0. The van der Waals surface area contributed by atoms with E-state index in [1.165, 1.54) is 19.4 Å². The fourth-order valence-corrected chi connectivity index (χ4v) is 1.87. The molecule has 5 heteroatoms. The fourth-order valence-electron chi connectivity index (χ4n) is 1.53. The summed E-state index contributed by atoms with van der Waals surface area (Å²) in [6.07, 6.45) is 1.39. The molecule has 19 heavy (non-hydrogen) atoms. The number of methoxy groups -OCH3 is 1. The molecule has 0 spiro atoms. The summed E-state index contributed by atoms with van der Waals surface area (Å²) >= 11 is 3.17. The average Bonchev–Trinajstić information content (AvgIpc) is 2.39. The van der Waals surface area contributed by atoms with Crippen molar-refractivity contribution < 1.29 is 14.2 Å². The van der Waals surface area contributed by atoms with Crippen molar-refractivity contribution in [1.82, 2.24) is 0 Å². The van der Waals surface area contributed by atoms with Gasteiger partial charge in [-0.1, -0.05) is 22.0 Å². The molecular formula is C14H11BrFNO2. The maximum absolute atomic E-state index is 13.6. The number of rotatable bonds is 3. The van der Waals surface area contributed by atoms with Gasteiger partial charge in [0.2, 0.25) is 0 Å². The van der Waals surface area contributed by atoms with Crippen LogP contribution < -0.4 is 4.74 Å². The van der Waals surface area contributed by atoms with Crippen molar-refractivity contribution in [3.05, 3.63) is 52.3 Å². The van der Waals surface area contributed by atoms with Gasteiger partial charge in [-0.05, 0) is 30.3 Å². The quantitative estimate of drug-likeness (QED) is 0.866. The highest BCUT2D eigenvalue weighted by Gasteiger charge is 2.05. The Labute approximate surface area is 118 Å². The zero-order valence-corrected chi connectivity index (χ0v) is 11.7. The van der Waals surface area contributed by atoms with Gasteiger partial charge in [0.25, 0.3) is 0 Å². The smallest absolute Gasteiger partial charge is 0.166 e. The van der Waals surface area contributed by atoms with Gasteiger partial charge in [-0.3, -0.25) is 4.99 Å². The van der Waals surface area contributed by atoms with Crippen LogP contribution in [0.4, 0.5) is 10.1 Å². The minimum atomic E-state index is -0.437. The van der Waals surface area contributed by atoms with E-state index in [-0.39, 0.29) is 11.4 Å². The van der Waals surface area contributed by atoms with Gasteiger partial charge in [-0.15, -0.1) is 0 Å². The molecule has 2 aromatic carbocycles. The second-order valence-electron chi connectivity index (χ2n) is 3.75. The maximum Gasteiger partial charge on any atom is 0.166 e. The Bertz CT molecular complexity index is 629. The number of hydrogen-bond acceptors (Lipinski definition) is 3. The van der Waals surface area contributed by atoms with Crippen molar-refractivity contribution >= 4 is 27.8 Å². The minimum absolute atomic E-state index is 0.0220. The number of para-hydroxylation sites is 1. The topological polar surface area (TPSA) is 41.8 Å². The molecule has 0 saturated heterocycles. The summed E-state index contributed by atoms with van der Waals surface area (Å²) in [5.74, 6) is -0.112. The Morgan fingerprint density at radius 3 is 2.79 bits per heavy atom. The van der Waals surface area contributed by atoms with Gasteiger partial charge in [0.1, 0.15) is 5.82 Å². The lowest BCUT2D eigenvalue weighted by Gasteiger charge is -2.05. The highest BCUT2D eigenvalue weighted by molar-refractivity contribution is 9.10. The number of hydrogen-bond donors (Lipinski definition) is 1. The molecule has 2 aromatic rings. The molecule has 0 amide bonds. The normalized spacial score (nSPS) is 10.9. The second kappa shape index (κ2) is 5.84. The van der Waals surface area contributed by atoms with Gasteiger partial charge in [-0.25, -0.2) is 4.39 Å². The largest absolute Gasteiger partial charge is 0.504 e. The number of phenols is 1. The summed E-state index contributed by atoms with van der Waals surface area (Å²) < 4.78 is 19.2. The van der Waals surface area contributed by atoms with Gasteiger partial charge < -0.3 is 9.84 Å². The van der Waals surface area contributed by atoms with E-state index in [9.17, 15) is 9.50 Å². The first-order chi connectivity index (χ1) is 9.11. The summed E-state index contributed by atoms with van der Waals surface area (Å²) in [5, 5.41) is 9.86. The number of aromatic hydroxyl groups is 1. The van der Waals surface area contributed by atoms with Crippen LogP contribution >= 0.6 is 15.9 Å². The second-order valence-corrected chi connectivity index (χ2v) is 4.67. The predicted octanol–water partition coefficient (Wildman–Crippen LogP) is 4.05. The number of phenolic OH excluding ortho intramolecular Hbond substituents is 1. The molecule has 0 radical (unpaired) electrons. The molecule has 0 saturated carbocycles. The van der Waals surface area contributed by atoms with Gasteiger partial charge in [0.15, 0.2) is 11.5 Å². The van der Waals surface area contributed by atoms with Crippen LogP contribution in [-0.4, -0.2) is 18.4 Å². The van der Waals surface area contributed by atoms with Crippen LogP contribution in [-0.2, 0) is 0 Å². The fraction of sp³-hybridized carbons (Fsp3) is 0.0714. The third kappa shape index (κ3) is 3.12. The Morgan fingerprint density at radius 2 is 2.11 bits per heavy atom. The van der Waals surface area contributed by atoms with Crippen LogP contribution in [0.25, 0.3) is 0 Å². The molecule has 98 valence electrons. The zero-order chi connectivity index (χ0) is 13.8. The summed E-state index contributed by atoms with van der Waals surface area (Å²) in [5.41, 5.74) is 0.659. The molecule has 0 aliphatic heterocycles. The number of ether oxygens (including phenoxy) is 1. The molecule has 0 unspecified atom stereocenters. The van der Waals surface area contributed by atoms with Gasteiger partial charge in [0, 0.05) is 16.3 Å². The van der Waals surface area contributed by atoms with Crippen LogP contribution in [0.15, 0.2) is 45.9 Å². The minimum Gasteiger partial charge on any atom is -0.504 e. The van der Waals surface area contributed by atoms with Crippen molar-refractivity contribution in [1.29, 1.82) is 0 Å². The van der Waals surface area contributed by atoms with Crippen LogP contribution in [0.5, 0.6) is 11.5 Å². The molecule has 0 heterocycles. The van der Waals surface area contributed by atoms with E-state index in [4.69, 9.17) is 4.74 Å². The zero-order valence-electron chi connectivity index (χ0n) is 10.1. The van der Waals surface area contributed by atoms with E-state index >= 15 is 0 Å². The Kier molecular flexibility index (Phi) is 4.16. The molecule has 2 rings (SSSR count). The molecule has 0 aromatic heterocycles. The van der Waals surface area contributed by atoms with E-state index in [1.807, 2.05) is 0 Å². The van der Waals surface area contributed by atoms with Crippen molar-refractivity contribution in [2.45, 2.75) is 0 Å². The predicted molar refractivity (Wildman–Crippen MR) is 76.0 cm³/mol. The number of halogens is 2. The molecule has 0 aliphatic carbocycles. The third-order valence-corrected chi connectivity index (χ3v) is 3.00. The first kappa shape index (κ1) is 13.5. The van der Waals surface area contributed by atoms with E-state index in [1.54, 1.807) is 30.3 Å². The number of nitrogens with zero attached hydrogens (tertiary/aromatic N) is 1. The Balaban J connectivity index is 2.32. The summed E-state index contributed by atoms with van der Waals surface area (Å²) in [7, 11) is 1.46. The molecule has 0 fully saturated rings. The first-order valence-electron chi connectivity index (χ1n) is 5.47. The molecule has 0 bridgehead atoms. The van der Waals surface area contributed by atoms with E-state index < -0.39 is 5.82 Å². The highest BCUT2D eigenvalue weighted by Crippen LogP contribution is 2.29. The molecule has 1 N–H and O–H groups in total. The number of aliphatic imine (C=N–C) groups is 1. The highest BCUT2D eigenvalue weighted by atomic mass is 79.9. The maximum atomic E-state index is 13.6. The monoisotopic (exact) mass is 323 g/mol. The lowest BCUT2D eigenvalue weighted by molar-refractivity contribution is 0.373. The van der Waals surface area contributed by atoms with Crippen LogP contribution in [0, 0.1) is 5.82 Å². The molecule has 0 aliphatic rings. The van der Waals surface area contributed by atoms with Crippen LogP contribution in [0.2, 0.25) is 0 Å². The lowest BCUT2D eigenvalue weighted by Crippen LogP contribution is -1.88. The Hall–Kier alpha value is -1.88. The van der Waals surface area contributed by atoms with Gasteiger partial charge in [-0.2, -0.15) is 0 Å². The lowest BCUT2D eigenvalue weighted by atomic mass is 10.2. The Morgan fingerprint density at radius 1 is 1.32 bits per heavy atom. The van der Waals surface area contributed by atoms with Crippen molar-refractivity contribution in [2.24, 2.45) is 4.99 Å². The van der Waals surface area contributed by atoms with Crippen molar-refractivity contribution in [2.75, 3.05) is 7.11 Å². The summed E-state index contributed by atoms with van der Waals surface area (Å²) in [6, 6.07) is 9.59. The van der Waals surface area contributed by atoms with Crippen molar-refractivity contribution in [3.8, 4) is 11.5 Å². The van der Waals surface area contributed by atoms with Crippen LogP contribution in [0.1, 0.15) is 5.56 Å². The van der Waals surface area contributed by atoms with E-state index in [0.29, 0.717) is 15.8 Å². The first-order valence-corrected chi connectivity index (χ1v) is 6.26. The number of benzene rings is 2. The SMILES string of the molecule is COc1cccc(C=Nc2ccc(Br)cc2F)c1O. The van der Waals surface area contributed by atoms with Crippen molar-refractivity contribution in [3.63, 3.8) is 0 Å².